The van der Waals surface area contributed by atoms with Crippen molar-refractivity contribution in [3.63, 3.8) is 0 Å². The van der Waals surface area contributed by atoms with Crippen LogP contribution in [0.1, 0.15) is 36.8 Å². The Bertz CT molecular complexity index is 518. The van der Waals surface area contributed by atoms with Gasteiger partial charge in [0.2, 0.25) is 0 Å². The molecule has 2 atom stereocenters. The van der Waals surface area contributed by atoms with Gasteiger partial charge in [0.1, 0.15) is 0 Å². The minimum Gasteiger partial charge on any atom is -0.309 e. The molecule has 1 aliphatic rings. The number of hydrogen-bond acceptors (Lipinski definition) is 2. The van der Waals surface area contributed by atoms with Crippen molar-refractivity contribution in [1.29, 1.82) is 0 Å². The summed E-state index contributed by atoms with van der Waals surface area (Å²) in [5.41, 5.74) is 2.74. The molecule has 1 fully saturated rings. The number of rotatable bonds is 6. The molecule has 3 heteroatoms. The lowest BCUT2D eigenvalue weighted by atomic mass is 10.1. The normalized spacial score (nSPS) is 21.5. The zero-order chi connectivity index (χ0) is 13.1. The van der Waals surface area contributed by atoms with E-state index >= 15 is 0 Å². The molecule has 0 bridgehead atoms. The molecule has 0 radical (unpaired) electrons. The number of hydrogen-bond donors (Lipinski definition) is 1. The van der Waals surface area contributed by atoms with Crippen LogP contribution in [0, 0.1) is 0 Å². The maximum absolute atomic E-state index is 4.36. The predicted octanol–water partition coefficient (Wildman–Crippen LogP) is 2.94. The van der Waals surface area contributed by atoms with Crippen molar-refractivity contribution in [2.45, 2.75) is 44.8 Å². The van der Waals surface area contributed by atoms with E-state index in [4.69, 9.17) is 0 Å². The molecule has 3 nitrogen and oxygen atoms in total. The second-order valence-corrected chi connectivity index (χ2v) is 5.35. The molecule has 1 aliphatic carbocycles. The molecule has 0 saturated heterocycles. The average Bonchev–Trinajstić information content (AvgIpc) is 3.10. The highest BCUT2D eigenvalue weighted by Crippen LogP contribution is 2.40. The van der Waals surface area contributed by atoms with E-state index in [9.17, 15) is 0 Å². The summed E-state index contributed by atoms with van der Waals surface area (Å²) in [6, 6.07) is 11.4. The highest BCUT2D eigenvalue weighted by molar-refractivity contribution is 5.27. The van der Waals surface area contributed by atoms with Gasteiger partial charge in [-0.3, -0.25) is 4.68 Å². The van der Waals surface area contributed by atoms with Crippen LogP contribution in [-0.2, 0) is 13.1 Å². The molecule has 1 aromatic carbocycles. The molecule has 1 saturated carbocycles. The highest BCUT2D eigenvalue weighted by Gasteiger charge is 2.37. The molecule has 19 heavy (non-hydrogen) atoms. The van der Waals surface area contributed by atoms with Gasteiger partial charge in [0.05, 0.1) is 6.20 Å². The molecule has 0 aliphatic heterocycles. The quantitative estimate of drug-likeness (QED) is 0.860. The molecule has 100 valence electrons. The number of aryl methyl sites for hydroxylation is 1. The third-order valence-electron chi connectivity index (χ3n) is 3.73. The molecule has 0 spiro atoms. The number of nitrogens with one attached hydrogen (secondary N) is 1. The summed E-state index contributed by atoms with van der Waals surface area (Å²) in [6.07, 6.45) is 6.51. The van der Waals surface area contributed by atoms with Crippen molar-refractivity contribution in [2.24, 2.45) is 0 Å². The summed E-state index contributed by atoms with van der Waals surface area (Å²) in [5, 5.41) is 7.98. The van der Waals surface area contributed by atoms with Gasteiger partial charge < -0.3 is 5.32 Å². The minimum absolute atomic E-state index is 0.636. The Kier molecular flexibility index (Phi) is 3.65. The van der Waals surface area contributed by atoms with Crippen LogP contribution in [0.15, 0.2) is 42.7 Å². The Hall–Kier alpha value is -1.61. The van der Waals surface area contributed by atoms with E-state index in [1.54, 1.807) is 0 Å². The largest absolute Gasteiger partial charge is 0.309 e. The van der Waals surface area contributed by atoms with Gasteiger partial charge in [0.25, 0.3) is 0 Å². The second-order valence-electron chi connectivity index (χ2n) is 5.35. The molecular formula is C16H21N3. The highest BCUT2D eigenvalue weighted by atomic mass is 15.3. The average molecular weight is 255 g/mol. The van der Waals surface area contributed by atoms with Crippen LogP contribution in [0.4, 0.5) is 0 Å². The first-order valence-electron chi connectivity index (χ1n) is 7.16. The van der Waals surface area contributed by atoms with Crippen molar-refractivity contribution in [3.05, 3.63) is 53.9 Å². The van der Waals surface area contributed by atoms with Crippen molar-refractivity contribution in [3.8, 4) is 0 Å². The lowest BCUT2D eigenvalue weighted by Gasteiger charge is -2.02. The Morgan fingerprint density at radius 3 is 2.95 bits per heavy atom. The Morgan fingerprint density at radius 2 is 2.16 bits per heavy atom. The molecule has 1 N–H and O–H groups in total. The summed E-state index contributed by atoms with van der Waals surface area (Å²) in [6.45, 7) is 4.11. The van der Waals surface area contributed by atoms with Crippen LogP contribution < -0.4 is 5.32 Å². The molecular weight excluding hydrogens is 234 g/mol. The molecule has 2 unspecified atom stereocenters. The lowest BCUT2D eigenvalue weighted by Crippen LogP contribution is -2.16. The van der Waals surface area contributed by atoms with Crippen molar-refractivity contribution >= 4 is 0 Å². The maximum atomic E-state index is 4.36. The summed E-state index contributed by atoms with van der Waals surface area (Å²) in [4.78, 5) is 0. The van der Waals surface area contributed by atoms with E-state index < -0.39 is 0 Å². The van der Waals surface area contributed by atoms with Crippen molar-refractivity contribution in [2.75, 3.05) is 0 Å². The maximum Gasteiger partial charge on any atom is 0.0534 e. The Morgan fingerprint density at radius 1 is 1.32 bits per heavy atom. The van der Waals surface area contributed by atoms with Crippen molar-refractivity contribution in [1.82, 2.24) is 15.1 Å². The topological polar surface area (TPSA) is 29.9 Å². The third kappa shape index (κ3) is 3.04. The second kappa shape index (κ2) is 5.57. The smallest absolute Gasteiger partial charge is 0.0534 e. The SMILES string of the molecule is CCCn1cc(CNC2CC2c2ccccc2)cn1. The molecule has 2 aromatic rings. The van der Waals surface area contributed by atoms with E-state index in [-0.39, 0.29) is 0 Å². The van der Waals surface area contributed by atoms with Gasteiger partial charge in [-0.2, -0.15) is 5.10 Å². The van der Waals surface area contributed by atoms with Gasteiger partial charge in [-0.25, -0.2) is 0 Å². The fourth-order valence-corrected chi connectivity index (χ4v) is 2.59. The Balaban J connectivity index is 1.49. The summed E-state index contributed by atoms with van der Waals surface area (Å²) >= 11 is 0. The van der Waals surface area contributed by atoms with Gasteiger partial charge in [0.15, 0.2) is 0 Å². The zero-order valence-electron chi connectivity index (χ0n) is 11.4. The zero-order valence-corrected chi connectivity index (χ0v) is 11.4. The van der Waals surface area contributed by atoms with Crippen LogP contribution >= 0.6 is 0 Å². The number of benzene rings is 1. The summed E-state index contributed by atoms with van der Waals surface area (Å²) in [5.74, 6) is 0.701. The van der Waals surface area contributed by atoms with Crippen LogP contribution in [-0.4, -0.2) is 15.8 Å². The van der Waals surface area contributed by atoms with Crippen LogP contribution in [0.25, 0.3) is 0 Å². The minimum atomic E-state index is 0.636. The standard InChI is InChI=1S/C16H21N3/c1-2-8-19-12-13(11-18-19)10-17-16-9-15(16)14-6-4-3-5-7-14/h3-7,11-12,15-17H,2,8-10H2,1H3. The fourth-order valence-electron chi connectivity index (χ4n) is 2.59. The van der Waals surface area contributed by atoms with Crippen LogP contribution in [0.3, 0.4) is 0 Å². The van der Waals surface area contributed by atoms with E-state index in [0.29, 0.717) is 12.0 Å². The summed E-state index contributed by atoms with van der Waals surface area (Å²) in [7, 11) is 0. The van der Waals surface area contributed by atoms with E-state index in [1.807, 2.05) is 10.9 Å². The van der Waals surface area contributed by atoms with Gasteiger partial charge in [0, 0.05) is 36.8 Å². The monoisotopic (exact) mass is 255 g/mol. The molecule has 1 heterocycles. The lowest BCUT2D eigenvalue weighted by molar-refractivity contribution is 0.601. The van der Waals surface area contributed by atoms with E-state index in [0.717, 1.165) is 19.5 Å². The first kappa shape index (κ1) is 12.4. The van der Waals surface area contributed by atoms with Crippen LogP contribution in [0.5, 0.6) is 0 Å². The summed E-state index contributed by atoms with van der Waals surface area (Å²) < 4.78 is 2.03. The van der Waals surface area contributed by atoms with Crippen molar-refractivity contribution < 1.29 is 0 Å². The van der Waals surface area contributed by atoms with Gasteiger partial charge in [-0.05, 0) is 18.4 Å². The van der Waals surface area contributed by atoms with Gasteiger partial charge in [-0.15, -0.1) is 0 Å². The number of nitrogens with zero attached hydrogens (tertiary/aromatic N) is 2. The molecule has 1 aromatic heterocycles. The van der Waals surface area contributed by atoms with Crippen LogP contribution in [0.2, 0.25) is 0 Å². The number of aromatic nitrogens is 2. The predicted molar refractivity (Wildman–Crippen MR) is 76.9 cm³/mol. The van der Waals surface area contributed by atoms with Gasteiger partial charge in [-0.1, -0.05) is 37.3 Å². The van der Waals surface area contributed by atoms with E-state index in [2.05, 4.69) is 53.9 Å². The van der Waals surface area contributed by atoms with Gasteiger partial charge >= 0.3 is 0 Å². The molecule has 3 rings (SSSR count). The first-order valence-corrected chi connectivity index (χ1v) is 7.16. The van der Waals surface area contributed by atoms with E-state index in [1.165, 1.54) is 17.5 Å². The Labute approximate surface area is 114 Å². The fraction of sp³-hybridized carbons (Fsp3) is 0.438. The third-order valence-corrected chi connectivity index (χ3v) is 3.73. The first-order chi connectivity index (χ1) is 9.36. The molecule has 0 amide bonds.